The number of halogens is 2. The molecule has 0 unspecified atom stereocenters. The molecule has 0 aliphatic carbocycles. The summed E-state index contributed by atoms with van der Waals surface area (Å²) in [4.78, 5) is 13.5. The number of aryl methyl sites for hydroxylation is 2. The summed E-state index contributed by atoms with van der Waals surface area (Å²) >= 11 is 0. The van der Waals surface area contributed by atoms with Crippen LogP contribution in [0.1, 0.15) is 57.8 Å². The Kier molecular flexibility index (Phi) is 6.87. The third kappa shape index (κ3) is 4.62. The van der Waals surface area contributed by atoms with Gasteiger partial charge in [0.05, 0.1) is 42.0 Å². The van der Waals surface area contributed by atoms with Crippen LogP contribution in [0.2, 0.25) is 0 Å². The van der Waals surface area contributed by atoms with Crippen LogP contribution in [-0.4, -0.2) is 36.3 Å². The minimum atomic E-state index is -2.95. The van der Waals surface area contributed by atoms with E-state index in [2.05, 4.69) is 21.0 Å². The molecule has 3 aromatic heterocycles. The van der Waals surface area contributed by atoms with Crippen LogP contribution in [0.15, 0.2) is 54.9 Å². The van der Waals surface area contributed by atoms with E-state index in [0.29, 0.717) is 39.0 Å². The molecule has 10 heteroatoms. The molecule has 1 N–H and O–H groups in total. The number of alkyl halides is 2. The molecule has 0 aliphatic heterocycles. The summed E-state index contributed by atoms with van der Waals surface area (Å²) in [7, 11) is 5.14. The zero-order valence-electron chi connectivity index (χ0n) is 23.7. The van der Waals surface area contributed by atoms with E-state index in [0.717, 1.165) is 24.1 Å². The van der Waals surface area contributed by atoms with E-state index in [1.54, 1.807) is 42.7 Å². The van der Waals surface area contributed by atoms with Crippen molar-refractivity contribution in [2.45, 2.75) is 38.7 Å². The normalized spacial score (nSPS) is 12.1. The van der Waals surface area contributed by atoms with Crippen molar-refractivity contribution >= 4 is 10.9 Å². The Labute approximate surface area is 236 Å². The van der Waals surface area contributed by atoms with Crippen molar-refractivity contribution in [3.05, 3.63) is 106 Å². The molecule has 8 nitrogen and oxygen atoms in total. The van der Waals surface area contributed by atoms with Crippen molar-refractivity contribution in [1.82, 2.24) is 24.1 Å². The van der Waals surface area contributed by atoms with Gasteiger partial charge in [-0.1, -0.05) is 30.3 Å². The van der Waals surface area contributed by atoms with E-state index in [4.69, 9.17) is 4.74 Å². The average molecular weight is 557 g/mol. The summed E-state index contributed by atoms with van der Waals surface area (Å²) in [5.74, 6) is -1.25. The molecule has 0 radical (unpaired) electrons. The fourth-order valence-electron chi connectivity index (χ4n) is 5.19. The first-order chi connectivity index (χ1) is 19.4. The van der Waals surface area contributed by atoms with Crippen molar-refractivity contribution in [3.8, 4) is 11.9 Å². The average Bonchev–Trinajstić information content (AvgIpc) is 3.47. The molecule has 5 rings (SSSR count). The van der Waals surface area contributed by atoms with Crippen molar-refractivity contribution in [2.24, 2.45) is 14.1 Å². The highest BCUT2D eigenvalue weighted by molar-refractivity contribution is 5.88. The van der Waals surface area contributed by atoms with E-state index in [1.807, 2.05) is 37.1 Å². The number of aliphatic hydroxyl groups is 1. The smallest absolute Gasteiger partial charge is 0.270 e. The van der Waals surface area contributed by atoms with Gasteiger partial charge in [-0.15, -0.1) is 0 Å². The van der Waals surface area contributed by atoms with Gasteiger partial charge in [0.15, 0.2) is 5.60 Å². The van der Waals surface area contributed by atoms with Crippen LogP contribution in [0.25, 0.3) is 10.9 Å². The predicted molar refractivity (Wildman–Crippen MR) is 150 cm³/mol. The number of fused-ring (bicyclic) bond motifs is 1. The highest BCUT2D eigenvalue weighted by Gasteiger charge is 2.40. The molecule has 0 saturated carbocycles. The van der Waals surface area contributed by atoms with Gasteiger partial charge in [0, 0.05) is 44.0 Å². The van der Waals surface area contributed by atoms with Gasteiger partial charge in [0.1, 0.15) is 17.7 Å². The molecule has 41 heavy (non-hydrogen) atoms. The maximum atomic E-state index is 13.8. The number of benzene rings is 2. The Bertz CT molecular complexity index is 1760. The molecule has 0 amide bonds. The zero-order valence-corrected chi connectivity index (χ0v) is 23.7. The number of pyridine rings is 1. The number of ether oxygens (including phenoxy) is 1. The fraction of sp³-hybridized carbons (Fsp3) is 0.290. The van der Waals surface area contributed by atoms with E-state index in [9.17, 15) is 19.1 Å². The molecular weight excluding hydrogens is 526 g/mol. The van der Waals surface area contributed by atoms with Gasteiger partial charge < -0.3 is 19.0 Å². The molecule has 0 aliphatic rings. The number of nitrogens with zero attached hydrogens (tertiary/aromatic N) is 6. The number of nitriles is 1. The minimum absolute atomic E-state index is 0.0925. The maximum absolute atomic E-state index is 13.8. The fourth-order valence-corrected chi connectivity index (χ4v) is 5.19. The van der Waals surface area contributed by atoms with Crippen LogP contribution in [0.3, 0.4) is 0 Å². The van der Waals surface area contributed by atoms with Gasteiger partial charge in [-0.2, -0.15) is 5.26 Å². The molecule has 5 aromatic rings. The summed E-state index contributed by atoms with van der Waals surface area (Å²) in [6.45, 7) is 4.55. The summed E-state index contributed by atoms with van der Waals surface area (Å²) in [5, 5.41) is 23.4. The predicted octanol–water partition coefficient (Wildman–Crippen LogP) is 5.19. The molecule has 0 saturated heterocycles. The molecule has 0 fully saturated rings. The Morgan fingerprint density at radius 3 is 1.98 bits per heavy atom. The first-order valence-electron chi connectivity index (χ1n) is 13.0. The Balaban J connectivity index is 1.72. The van der Waals surface area contributed by atoms with Gasteiger partial charge in [-0.05, 0) is 37.1 Å². The van der Waals surface area contributed by atoms with E-state index < -0.39 is 11.5 Å². The highest BCUT2D eigenvalue weighted by atomic mass is 19.3. The third-order valence-corrected chi connectivity index (χ3v) is 7.79. The van der Waals surface area contributed by atoms with Crippen LogP contribution in [0.5, 0.6) is 5.88 Å². The first kappa shape index (κ1) is 27.9. The standard InChI is InChI=1S/C31H30F2N6O2/c1-18-35-16-27(38(18)4)31(40,28-17-36-19(2)39(28)5)22-11-12-26-23(14-22)25(15-34)24(29(37-26)41-6)13-20-7-9-21(10-8-20)30(3,32)33/h7-12,14,16-17,40H,13H2,1-6H3. The largest absolute Gasteiger partial charge is 0.481 e. The van der Waals surface area contributed by atoms with Crippen LogP contribution in [-0.2, 0) is 32.0 Å². The quantitative estimate of drug-likeness (QED) is 0.296. The Morgan fingerprint density at radius 2 is 1.51 bits per heavy atom. The molecule has 2 aromatic carbocycles. The van der Waals surface area contributed by atoms with Crippen LogP contribution in [0, 0.1) is 25.2 Å². The van der Waals surface area contributed by atoms with Gasteiger partial charge in [-0.3, -0.25) is 0 Å². The summed E-state index contributed by atoms with van der Waals surface area (Å²) in [6.07, 6.45) is 3.50. The molecule has 0 bridgehead atoms. The lowest BCUT2D eigenvalue weighted by Crippen LogP contribution is -2.33. The molecular formula is C31H30F2N6O2. The monoisotopic (exact) mass is 556 g/mol. The van der Waals surface area contributed by atoms with Crippen LogP contribution >= 0.6 is 0 Å². The Hall–Kier alpha value is -4.62. The van der Waals surface area contributed by atoms with Crippen molar-refractivity contribution < 1.29 is 18.6 Å². The lowest BCUT2D eigenvalue weighted by Gasteiger charge is -2.30. The zero-order chi connectivity index (χ0) is 29.7. The van der Waals surface area contributed by atoms with Gasteiger partial charge >= 0.3 is 0 Å². The van der Waals surface area contributed by atoms with Crippen molar-refractivity contribution in [2.75, 3.05) is 7.11 Å². The number of hydrogen-bond acceptors (Lipinski definition) is 6. The molecule has 210 valence electrons. The first-order valence-corrected chi connectivity index (χ1v) is 13.0. The summed E-state index contributed by atoms with van der Waals surface area (Å²) in [5.41, 5.74) is 1.89. The SMILES string of the molecule is COc1nc2ccc(C(O)(c3cnc(C)n3C)c3cnc(C)n3C)cc2c(C#N)c1Cc1ccc(C(C)(F)F)cc1. The van der Waals surface area contributed by atoms with Crippen LogP contribution < -0.4 is 4.74 Å². The molecule has 0 spiro atoms. The van der Waals surface area contributed by atoms with E-state index in [1.165, 1.54) is 19.2 Å². The number of hydrogen-bond donors (Lipinski definition) is 1. The molecule has 0 atom stereocenters. The topological polar surface area (TPSA) is 102 Å². The molecule has 3 heterocycles. The second-order valence-electron chi connectivity index (χ2n) is 10.3. The van der Waals surface area contributed by atoms with Gasteiger partial charge in [0.2, 0.25) is 5.88 Å². The number of rotatable bonds is 7. The van der Waals surface area contributed by atoms with Crippen molar-refractivity contribution in [3.63, 3.8) is 0 Å². The maximum Gasteiger partial charge on any atom is 0.270 e. The second kappa shape index (κ2) is 10.1. The minimum Gasteiger partial charge on any atom is -0.481 e. The van der Waals surface area contributed by atoms with Crippen molar-refractivity contribution in [1.29, 1.82) is 5.26 Å². The van der Waals surface area contributed by atoms with Crippen LogP contribution in [0.4, 0.5) is 8.78 Å². The summed E-state index contributed by atoms with van der Waals surface area (Å²) < 4.78 is 36.7. The second-order valence-corrected chi connectivity index (χ2v) is 10.3. The number of imidazole rings is 2. The lowest BCUT2D eigenvalue weighted by atomic mass is 9.85. The number of aromatic nitrogens is 5. The highest BCUT2D eigenvalue weighted by Crippen LogP contribution is 2.40. The third-order valence-electron chi connectivity index (χ3n) is 7.79. The van der Waals surface area contributed by atoms with E-state index in [-0.39, 0.29) is 17.9 Å². The number of methoxy groups -OCH3 is 1. The lowest BCUT2D eigenvalue weighted by molar-refractivity contribution is 0.0174. The van der Waals surface area contributed by atoms with E-state index >= 15 is 0 Å². The Morgan fingerprint density at radius 1 is 0.951 bits per heavy atom. The summed E-state index contributed by atoms with van der Waals surface area (Å²) in [6, 6.07) is 13.6. The van der Waals surface area contributed by atoms with Gasteiger partial charge in [-0.25, -0.2) is 23.7 Å². The van der Waals surface area contributed by atoms with Gasteiger partial charge in [0.25, 0.3) is 5.92 Å².